The monoisotopic (exact) mass is 272 g/mol. The van der Waals surface area contributed by atoms with Gasteiger partial charge in [-0.15, -0.1) is 22.9 Å². The zero-order valence-electron chi connectivity index (χ0n) is 9.82. The number of alkyl halides is 1. The predicted molar refractivity (Wildman–Crippen MR) is 70.4 cm³/mol. The Kier molecular flexibility index (Phi) is 4.80. The normalized spacial score (nSPS) is 15.8. The van der Waals surface area contributed by atoms with Gasteiger partial charge in [-0.25, -0.2) is 4.98 Å². The van der Waals surface area contributed by atoms with Gasteiger partial charge in [-0.05, 0) is 25.7 Å². The highest BCUT2D eigenvalue weighted by Crippen LogP contribution is 2.15. The molecule has 1 amide bonds. The zero-order chi connectivity index (χ0) is 12.1. The molecular formula is C12H17ClN2OS. The van der Waals surface area contributed by atoms with Gasteiger partial charge in [-0.3, -0.25) is 4.79 Å². The minimum absolute atomic E-state index is 0.323. The van der Waals surface area contributed by atoms with Crippen LogP contribution in [-0.2, 0) is 17.1 Å². The number of carbonyl (C=O) groups is 1. The standard InChI is InChI=1S/C12H17ClN2OS/c13-8-10-9-17-11(14-10)4-1-2-6-15-7-3-5-12(15)16/h9H,1-8H2. The van der Waals surface area contributed by atoms with Crippen LogP contribution in [0.25, 0.3) is 0 Å². The zero-order valence-corrected chi connectivity index (χ0v) is 11.4. The van der Waals surface area contributed by atoms with Crippen molar-refractivity contribution in [3.05, 3.63) is 16.1 Å². The van der Waals surface area contributed by atoms with Gasteiger partial charge in [0.25, 0.3) is 0 Å². The molecule has 0 spiro atoms. The van der Waals surface area contributed by atoms with Gasteiger partial charge in [-0.2, -0.15) is 0 Å². The third-order valence-electron chi connectivity index (χ3n) is 2.98. The van der Waals surface area contributed by atoms with E-state index in [9.17, 15) is 4.79 Å². The van der Waals surface area contributed by atoms with Crippen molar-refractivity contribution in [3.8, 4) is 0 Å². The first kappa shape index (κ1) is 12.8. The number of halogens is 1. The Hall–Kier alpha value is -0.610. The molecule has 1 aromatic heterocycles. The van der Waals surface area contributed by atoms with Crippen LogP contribution in [-0.4, -0.2) is 28.9 Å². The third-order valence-corrected chi connectivity index (χ3v) is 4.21. The second kappa shape index (κ2) is 6.36. The lowest BCUT2D eigenvalue weighted by Crippen LogP contribution is -2.25. The number of unbranched alkanes of at least 4 members (excludes halogenated alkanes) is 1. The van der Waals surface area contributed by atoms with Crippen molar-refractivity contribution in [2.24, 2.45) is 0 Å². The number of rotatable bonds is 6. The highest BCUT2D eigenvalue weighted by atomic mass is 35.5. The summed E-state index contributed by atoms with van der Waals surface area (Å²) in [6.45, 7) is 1.86. The first-order valence-electron chi connectivity index (χ1n) is 6.06. The molecule has 1 aliphatic rings. The molecule has 94 valence electrons. The minimum atomic E-state index is 0.323. The van der Waals surface area contributed by atoms with E-state index in [1.807, 2.05) is 10.3 Å². The van der Waals surface area contributed by atoms with E-state index < -0.39 is 0 Å². The van der Waals surface area contributed by atoms with E-state index in [1.54, 1.807) is 11.3 Å². The van der Waals surface area contributed by atoms with Crippen LogP contribution in [0.2, 0.25) is 0 Å². The topological polar surface area (TPSA) is 33.2 Å². The van der Waals surface area contributed by atoms with Gasteiger partial charge < -0.3 is 4.90 Å². The van der Waals surface area contributed by atoms with E-state index >= 15 is 0 Å². The average molecular weight is 273 g/mol. The smallest absolute Gasteiger partial charge is 0.222 e. The molecule has 1 saturated heterocycles. The van der Waals surface area contributed by atoms with Crippen molar-refractivity contribution in [1.82, 2.24) is 9.88 Å². The Balaban J connectivity index is 1.64. The maximum absolute atomic E-state index is 11.4. The lowest BCUT2D eigenvalue weighted by molar-refractivity contribution is -0.127. The summed E-state index contributed by atoms with van der Waals surface area (Å²) < 4.78 is 0. The summed E-state index contributed by atoms with van der Waals surface area (Å²) >= 11 is 7.38. The number of thiazole rings is 1. The Morgan fingerprint density at radius 1 is 1.47 bits per heavy atom. The molecule has 2 heterocycles. The van der Waals surface area contributed by atoms with Crippen LogP contribution < -0.4 is 0 Å². The largest absolute Gasteiger partial charge is 0.343 e. The van der Waals surface area contributed by atoms with E-state index in [2.05, 4.69) is 4.98 Å². The fourth-order valence-electron chi connectivity index (χ4n) is 2.04. The lowest BCUT2D eigenvalue weighted by Gasteiger charge is -2.14. The molecule has 3 nitrogen and oxygen atoms in total. The molecule has 0 bridgehead atoms. The Labute approximate surface area is 111 Å². The van der Waals surface area contributed by atoms with Crippen LogP contribution >= 0.6 is 22.9 Å². The average Bonchev–Trinajstić information content (AvgIpc) is 2.94. The quantitative estimate of drug-likeness (QED) is 0.589. The highest BCUT2D eigenvalue weighted by Gasteiger charge is 2.18. The van der Waals surface area contributed by atoms with Gasteiger partial charge >= 0.3 is 0 Å². The fourth-order valence-corrected chi connectivity index (χ4v) is 3.11. The first-order valence-corrected chi connectivity index (χ1v) is 7.48. The van der Waals surface area contributed by atoms with Gasteiger partial charge in [0.2, 0.25) is 5.91 Å². The van der Waals surface area contributed by atoms with Crippen LogP contribution in [0.5, 0.6) is 0 Å². The SMILES string of the molecule is O=C1CCCN1CCCCc1nc(CCl)cs1. The van der Waals surface area contributed by atoms with Gasteiger partial charge in [0.15, 0.2) is 0 Å². The molecule has 0 saturated carbocycles. The van der Waals surface area contributed by atoms with Gasteiger partial charge in [0.05, 0.1) is 16.6 Å². The molecule has 1 aromatic rings. The number of nitrogens with zero attached hydrogens (tertiary/aromatic N) is 2. The van der Waals surface area contributed by atoms with E-state index in [-0.39, 0.29) is 0 Å². The van der Waals surface area contributed by atoms with Crippen molar-refractivity contribution in [3.63, 3.8) is 0 Å². The van der Waals surface area contributed by atoms with Crippen LogP contribution in [0.3, 0.4) is 0 Å². The van der Waals surface area contributed by atoms with Crippen molar-refractivity contribution in [2.45, 2.75) is 38.0 Å². The highest BCUT2D eigenvalue weighted by molar-refractivity contribution is 7.09. The number of amides is 1. The molecule has 1 fully saturated rings. The summed E-state index contributed by atoms with van der Waals surface area (Å²) in [5, 5.41) is 3.18. The summed E-state index contributed by atoms with van der Waals surface area (Å²) in [6, 6.07) is 0. The Morgan fingerprint density at radius 3 is 3.00 bits per heavy atom. The summed E-state index contributed by atoms with van der Waals surface area (Å²) in [4.78, 5) is 17.8. The molecule has 0 radical (unpaired) electrons. The Morgan fingerprint density at radius 2 is 2.35 bits per heavy atom. The first-order chi connectivity index (χ1) is 8.29. The number of likely N-dealkylation sites (tertiary alicyclic amines) is 1. The molecule has 2 rings (SSSR count). The molecular weight excluding hydrogens is 256 g/mol. The number of carbonyl (C=O) groups excluding carboxylic acids is 1. The number of hydrogen-bond acceptors (Lipinski definition) is 3. The molecule has 1 aliphatic heterocycles. The molecule has 0 unspecified atom stereocenters. The minimum Gasteiger partial charge on any atom is -0.343 e. The van der Waals surface area contributed by atoms with E-state index in [0.29, 0.717) is 11.8 Å². The summed E-state index contributed by atoms with van der Waals surface area (Å²) in [5.74, 6) is 0.822. The predicted octanol–water partition coefficient (Wildman–Crippen LogP) is 2.83. The summed E-state index contributed by atoms with van der Waals surface area (Å²) in [5.41, 5.74) is 0.974. The van der Waals surface area contributed by atoms with Crippen LogP contribution in [0.1, 0.15) is 36.4 Å². The van der Waals surface area contributed by atoms with Crippen molar-refractivity contribution in [2.75, 3.05) is 13.1 Å². The molecule has 5 heteroatoms. The van der Waals surface area contributed by atoms with Gasteiger partial charge in [0, 0.05) is 24.9 Å². The summed E-state index contributed by atoms with van der Waals surface area (Å²) in [6.07, 6.45) is 4.94. The maximum atomic E-state index is 11.4. The molecule has 0 N–H and O–H groups in total. The second-order valence-electron chi connectivity index (χ2n) is 4.31. The van der Waals surface area contributed by atoms with E-state index in [1.165, 1.54) is 0 Å². The molecule has 17 heavy (non-hydrogen) atoms. The van der Waals surface area contributed by atoms with Crippen molar-refractivity contribution >= 4 is 28.8 Å². The maximum Gasteiger partial charge on any atom is 0.222 e. The number of aryl methyl sites for hydroxylation is 1. The van der Waals surface area contributed by atoms with Crippen molar-refractivity contribution in [1.29, 1.82) is 0 Å². The number of aromatic nitrogens is 1. The molecule has 0 aromatic carbocycles. The van der Waals surface area contributed by atoms with Crippen LogP contribution in [0.15, 0.2) is 5.38 Å². The molecule has 0 atom stereocenters. The second-order valence-corrected chi connectivity index (χ2v) is 5.52. The summed E-state index contributed by atoms with van der Waals surface area (Å²) in [7, 11) is 0. The molecule has 0 aliphatic carbocycles. The Bertz CT molecular complexity index is 380. The fraction of sp³-hybridized carbons (Fsp3) is 0.667. The van der Waals surface area contributed by atoms with E-state index in [4.69, 9.17) is 11.6 Å². The van der Waals surface area contributed by atoms with Crippen LogP contribution in [0.4, 0.5) is 0 Å². The lowest BCUT2D eigenvalue weighted by atomic mass is 10.2. The van der Waals surface area contributed by atoms with Crippen molar-refractivity contribution < 1.29 is 4.79 Å². The third kappa shape index (κ3) is 3.68. The van der Waals surface area contributed by atoms with Gasteiger partial charge in [0.1, 0.15) is 0 Å². The number of hydrogen-bond donors (Lipinski definition) is 0. The van der Waals surface area contributed by atoms with Crippen LogP contribution in [0, 0.1) is 0 Å². The van der Waals surface area contributed by atoms with Gasteiger partial charge in [-0.1, -0.05) is 0 Å². The van der Waals surface area contributed by atoms with E-state index in [0.717, 1.165) is 55.9 Å².